The van der Waals surface area contributed by atoms with E-state index in [0.29, 0.717) is 6.61 Å². The van der Waals surface area contributed by atoms with Crippen LogP contribution in [0.3, 0.4) is 0 Å². The van der Waals surface area contributed by atoms with Crippen LogP contribution in [-0.4, -0.2) is 17.5 Å². The summed E-state index contributed by atoms with van der Waals surface area (Å²) >= 11 is 0. The number of hydrogen-bond donors (Lipinski definition) is 0. The zero-order valence-corrected chi connectivity index (χ0v) is 7.53. The maximum absolute atomic E-state index is 11.1. The Labute approximate surface area is 72.8 Å². The number of hydrogen-bond acceptors (Lipinski definition) is 3. The van der Waals surface area contributed by atoms with Crippen molar-refractivity contribution in [3.63, 3.8) is 0 Å². The molecule has 1 rings (SSSR count). The SMILES string of the molecule is CCCO/N=[N+](\[O-])C1CCCC1. The van der Waals surface area contributed by atoms with Crippen LogP contribution in [0, 0.1) is 5.21 Å². The van der Waals surface area contributed by atoms with E-state index in [0.717, 1.165) is 37.0 Å². The van der Waals surface area contributed by atoms with E-state index >= 15 is 0 Å². The van der Waals surface area contributed by atoms with E-state index < -0.39 is 0 Å². The minimum atomic E-state index is 0.0712. The summed E-state index contributed by atoms with van der Waals surface area (Å²) in [5.74, 6) is 0. The third-order valence-corrected chi connectivity index (χ3v) is 2.07. The van der Waals surface area contributed by atoms with Crippen LogP contribution in [0.4, 0.5) is 0 Å². The molecule has 0 aliphatic heterocycles. The van der Waals surface area contributed by atoms with E-state index in [1.54, 1.807) is 0 Å². The molecule has 70 valence electrons. The van der Waals surface area contributed by atoms with Crippen molar-refractivity contribution in [2.45, 2.75) is 45.1 Å². The van der Waals surface area contributed by atoms with Gasteiger partial charge in [0.25, 0.3) is 0 Å². The highest BCUT2D eigenvalue weighted by Gasteiger charge is 2.23. The third kappa shape index (κ3) is 2.68. The Morgan fingerprint density at radius 2 is 2.17 bits per heavy atom. The predicted octanol–water partition coefficient (Wildman–Crippen LogP) is 2.23. The summed E-state index contributed by atoms with van der Waals surface area (Å²) in [6.07, 6.45) is 5.10. The molecule has 1 saturated carbocycles. The molecule has 0 N–H and O–H groups in total. The number of rotatable bonds is 4. The lowest BCUT2D eigenvalue weighted by Crippen LogP contribution is -2.16. The van der Waals surface area contributed by atoms with Crippen molar-refractivity contribution in [2.24, 2.45) is 5.28 Å². The number of nitrogens with zero attached hydrogens (tertiary/aromatic N) is 2. The van der Waals surface area contributed by atoms with Crippen molar-refractivity contribution in [1.29, 1.82) is 0 Å². The predicted molar refractivity (Wildman–Crippen MR) is 44.6 cm³/mol. The van der Waals surface area contributed by atoms with Gasteiger partial charge in [0, 0.05) is 12.8 Å². The van der Waals surface area contributed by atoms with Gasteiger partial charge in [0.05, 0.1) is 0 Å². The van der Waals surface area contributed by atoms with Crippen molar-refractivity contribution in [1.82, 2.24) is 0 Å². The second-order valence-electron chi connectivity index (χ2n) is 3.16. The Kier molecular flexibility index (Phi) is 3.84. The van der Waals surface area contributed by atoms with Crippen LogP contribution in [0.1, 0.15) is 39.0 Å². The molecule has 4 heteroatoms. The lowest BCUT2D eigenvalue weighted by atomic mass is 10.3. The Morgan fingerprint density at radius 3 is 2.75 bits per heavy atom. The topological polar surface area (TPSA) is 47.7 Å². The standard InChI is InChI=1S/C8H16N2O2/c1-2-7-12-9-10(11)8-5-3-4-6-8/h8H,2-7H2,1H3/b10-9-. The summed E-state index contributed by atoms with van der Waals surface area (Å²) < 4.78 is 0. The van der Waals surface area contributed by atoms with Crippen LogP contribution in [0.25, 0.3) is 0 Å². The van der Waals surface area contributed by atoms with Gasteiger partial charge in [-0.15, -0.1) is 0 Å². The van der Waals surface area contributed by atoms with Gasteiger partial charge in [-0.2, -0.15) is 0 Å². The van der Waals surface area contributed by atoms with Crippen LogP contribution in [0.2, 0.25) is 0 Å². The summed E-state index contributed by atoms with van der Waals surface area (Å²) in [5.41, 5.74) is 0. The fourth-order valence-corrected chi connectivity index (χ4v) is 1.38. The van der Waals surface area contributed by atoms with Crippen LogP contribution < -0.4 is 0 Å². The third-order valence-electron chi connectivity index (χ3n) is 2.07. The molecule has 1 aliphatic rings. The van der Waals surface area contributed by atoms with E-state index in [2.05, 4.69) is 5.28 Å². The highest BCUT2D eigenvalue weighted by Crippen LogP contribution is 2.20. The van der Waals surface area contributed by atoms with Crippen LogP contribution in [-0.2, 0) is 4.84 Å². The summed E-state index contributed by atoms with van der Waals surface area (Å²) in [4.78, 5) is 5.52. The zero-order chi connectivity index (χ0) is 8.81. The van der Waals surface area contributed by atoms with Gasteiger partial charge in [-0.25, -0.2) is 0 Å². The second kappa shape index (κ2) is 4.95. The van der Waals surface area contributed by atoms with E-state index in [9.17, 15) is 5.21 Å². The van der Waals surface area contributed by atoms with Gasteiger partial charge in [-0.1, -0.05) is 11.8 Å². The van der Waals surface area contributed by atoms with Gasteiger partial charge in [0.15, 0.2) is 11.3 Å². The lowest BCUT2D eigenvalue weighted by molar-refractivity contribution is -0.592. The molecular formula is C8H16N2O2. The van der Waals surface area contributed by atoms with Crippen molar-refractivity contribution in [3.8, 4) is 0 Å². The zero-order valence-electron chi connectivity index (χ0n) is 7.53. The van der Waals surface area contributed by atoms with Gasteiger partial charge in [0.2, 0.25) is 0 Å². The molecule has 1 fully saturated rings. The van der Waals surface area contributed by atoms with Crippen molar-refractivity contribution < 1.29 is 9.70 Å². The monoisotopic (exact) mass is 172 g/mol. The largest absolute Gasteiger partial charge is 0.597 e. The minimum absolute atomic E-state index is 0.0712. The summed E-state index contributed by atoms with van der Waals surface area (Å²) in [5, 5.41) is 14.6. The molecule has 0 amide bonds. The van der Waals surface area contributed by atoms with Gasteiger partial charge in [0.1, 0.15) is 6.61 Å². The molecular weight excluding hydrogens is 156 g/mol. The quantitative estimate of drug-likeness (QED) is 0.282. The first-order valence-corrected chi connectivity index (χ1v) is 4.64. The van der Waals surface area contributed by atoms with E-state index in [-0.39, 0.29) is 6.04 Å². The highest BCUT2D eigenvalue weighted by molar-refractivity contribution is 4.64. The number of hydroxylamine groups is 1. The minimum Gasteiger partial charge on any atom is -0.597 e. The van der Waals surface area contributed by atoms with Crippen LogP contribution in [0.5, 0.6) is 0 Å². The molecule has 0 atom stereocenters. The Hall–Kier alpha value is -0.800. The van der Waals surface area contributed by atoms with Crippen LogP contribution in [0.15, 0.2) is 5.28 Å². The van der Waals surface area contributed by atoms with Crippen molar-refractivity contribution in [2.75, 3.05) is 6.61 Å². The highest BCUT2D eigenvalue weighted by atomic mass is 16.7. The van der Waals surface area contributed by atoms with E-state index in [4.69, 9.17) is 4.84 Å². The maximum atomic E-state index is 11.1. The Bertz CT molecular complexity index is 153. The first kappa shape index (κ1) is 9.29. The molecule has 12 heavy (non-hydrogen) atoms. The summed E-state index contributed by atoms with van der Waals surface area (Å²) in [6.45, 7) is 2.52. The molecule has 0 saturated heterocycles. The average Bonchev–Trinajstić information content (AvgIpc) is 2.56. The second-order valence-corrected chi connectivity index (χ2v) is 3.16. The van der Waals surface area contributed by atoms with E-state index in [1.807, 2.05) is 6.92 Å². The molecule has 0 aromatic rings. The fourth-order valence-electron chi connectivity index (χ4n) is 1.38. The fraction of sp³-hybridized carbons (Fsp3) is 1.00. The smallest absolute Gasteiger partial charge is 0.200 e. The molecule has 0 aromatic heterocycles. The Morgan fingerprint density at radius 1 is 1.50 bits per heavy atom. The lowest BCUT2D eigenvalue weighted by Gasteiger charge is -2.05. The molecule has 0 heterocycles. The molecule has 0 spiro atoms. The molecule has 4 nitrogen and oxygen atoms in total. The average molecular weight is 172 g/mol. The van der Waals surface area contributed by atoms with Crippen LogP contribution >= 0.6 is 0 Å². The van der Waals surface area contributed by atoms with Gasteiger partial charge < -0.3 is 10.0 Å². The normalized spacial score (nSPS) is 19.9. The first-order valence-electron chi connectivity index (χ1n) is 4.64. The summed E-state index contributed by atoms with van der Waals surface area (Å²) in [6, 6.07) is 0.0712. The molecule has 0 aromatic carbocycles. The van der Waals surface area contributed by atoms with Crippen molar-refractivity contribution in [3.05, 3.63) is 5.21 Å². The molecule has 0 radical (unpaired) electrons. The maximum Gasteiger partial charge on any atom is 0.200 e. The van der Waals surface area contributed by atoms with Gasteiger partial charge in [-0.3, -0.25) is 0 Å². The van der Waals surface area contributed by atoms with Gasteiger partial charge in [-0.05, 0) is 19.3 Å². The first-order chi connectivity index (χ1) is 5.84. The van der Waals surface area contributed by atoms with Gasteiger partial charge >= 0.3 is 0 Å². The molecule has 0 unspecified atom stereocenters. The molecule has 1 aliphatic carbocycles. The van der Waals surface area contributed by atoms with E-state index in [1.165, 1.54) is 0 Å². The van der Waals surface area contributed by atoms with Crippen molar-refractivity contribution >= 4 is 0 Å². The molecule has 0 bridgehead atoms. The Balaban J connectivity index is 2.24. The summed E-state index contributed by atoms with van der Waals surface area (Å²) in [7, 11) is 0.